The molecule has 1 N–H and O–H groups in total. The van der Waals surface area contributed by atoms with Gasteiger partial charge in [0, 0.05) is 11.6 Å². The van der Waals surface area contributed by atoms with Gasteiger partial charge in [0.1, 0.15) is 0 Å². The van der Waals surface area contributed by atoms with Crippen molar-refractivity contribution in [3.05, 3.63) is 0 Å². The summed E-state index contributed by atoms with van der Waals surface area (Å²) in [4.78, 5) is 2.67. The summed E-state index contributed by atoms with van der Waals surface area (Å²) in [6.45, 7) is 9.70. The van der Waals surface area contributed by atoms with Gasteiger partial charge in [0.2, 0.25) is 0 Å². The second-order valence-corrected chi connectivity index (χ2v) is 6.04. The van der Waals surface area contributed by atoms with Crippen molar-refractivity contribution in [3.63, 3.8) is 0 Å². The van der Waals surface area contributed by atoms with Crippen LogP contribution >= 0.6 is 0 Å². The number of nitrogens with one attached hydrogen (secondary N) is 1. The molecule has 0 aromatic carbocycles. The second kappa shape index (κ2) is 7.38. The minimum absolute atomic E-state index is 0.317. The highest BCUT2D eigenvalue weighted by atomic mass is 15.2. The van der Waals surface area contributed by atoms with Gasteiger partial charge in [-0.3, -0.25) is 4.90 Å². The number of hydrogen-bond donors (Lipinski definition) is 1. The number of nitrogens with zero attached hydrogens (tertiary/aromatic N) is 1. The Bertz CT molecular complexity index is 195. The molecule has 0 aliphatic carbocycles. The number of rotatable bonds is 8. The smallest absolute Gasteiger partial charge is 0.0306 e. The molecule has 17 heavy (non-hydrogen) atoms. The Morgan fingerprint density at radius 2 is 1.76 bits per heavy atom. The van der Waals surface area contributed by atoms with Crippen molar-refractivity contribution < 1.29 is 0 Å². The summed E-state index contributed by atoms with van der Waals surface area (Å²) in [7, 11) is 2.13. The van der Waals surface area contributed by atoms with Crippen LogP contribution in [0.15, 0.2) is 0 Å². The van der Waals surface area contributed by atoms with Crippen LogP contribution in [0.2, 0.25) is 0 Å². The molecule has 2 heteroatoms. The first kappa shape index (κ1) is 15.0. The molecule has 0 saturated carbocycles. The second-order valence-electron chi connectivity index (χ2n) is 6.04. The Hall–Kier alpha value is -0.0800. The molecule has 1 heterocycles. The van der Waals surface area contributed by atoms with Crippen LogP contribution < -0.4 is 5.32 Å². The molecule has 2 nitrogen and oxygen atoms in total. The normalized spacial score (nSPS) is 19.8. The number of unbranched alkanes of at least 4 members (excludes halogenated alkanes) is 3. The minimum Gasteiger partial charge on any atom is -0.315 e. The number of likely N-dealkylation sites (tertiary alicyclic amines) is 1. The molecule has 1 aliphatic heterocycles. The highest BCUT2D eigenvalue weighted by Crippen LogP contribution is 2.26. The van der Waals surface area contributed by atoms with Crippen molar-refractivity contribution in [1.29, 1.82) is 0 Å². The van der Waals surface area contributed by atoms with Crippen LogP contribution in [0.1, 0.15) is 65.7 Å². The quantitative estimate of drug-likeness (QED) is 0.654. The Labute approximate surface area is 108 Å². The van der Waals surface area contributed by atoms with Crippen molar-refractivity contribution in [3.8, 4) is 0 Å². The van der Waals surface area contributed by atoms with Crippen LogP contribution in [-0.4, -0.2) is 36.6 Å². The van der Waals surface area contributed by atoms with Gasteiger partial charge in [-0.2, -0.15) is 0 Å². The highest BCUT2D eigenvalue weighted by Gasteiger charge is 2.35. The van der Waals surface area contributed by atoms with E-state index in [0.717, 1.165) is 0 Å². The van der Waals surface area contributed by atoms with E-state index in [1.807, 2.05) is 0 Å². The Kier molecular flexibility index (Phi) is 6.50. The Morgan fingerprint density at radius 1 is 1.12 bits per heavy atom. The molecule has 0 bridgehead atoms. The predicted octanol–water partition coefficient (Wildman–Crippen LogP) is 3.42. The van der Waals surface area contributed by atoms with Crippen LogP contribution in [0, 0.1) is 0 Å². The van der Waals surface area contributed by atoms with E-state index >= 15 is 0 Å². The van der Waals surface area contributed by atoms with Crippen molar-refractivity contribution in [2.24, 2.45) is 0 Å². The third-order valence-electron chi connectivity index (χ3n) is 4.47. The van der Waals surface area contributed by atoms with Gasteiger partial charge < -0.3 is 5.32 Å². The maximum absolute atomic E-state index is 3.55. The van der Waals surface area contributed by atoms with Gasteiger partial charge in [-0.05, 0) is 53.2 Å². The van der Waals surface area contributed by atoms with Gasteiger partial charge >= 0.3 is 0 Å². The van der Waals surface area contributed by atoms with Gasteiger partial charge in [-0.25, -0.2) is 0 Å². The van der Waals surface area contributed by atoms with Crippen molar-refractivity contribution in [1.82, 2.24) is 10.2 Å². The van der Waals surface area contributed by atoms with E-state index in [0.29, 0.717) is 11.6 Å². The Balaban J connectivity index is 2.40. The first-order chi connectivity index (χ1) is 8.12. The summed E-state index contributed by atoms with van der Waals surface area (Å²) in [5.41, 5.74) is 0.317. The maximum atomic E-state index is 3.55. The van der Waals surface area contributed by atoms with E-state index in [1.54, 1.807) is 0 Å². The SMILES string of the molecule is CCCCCCC(NC)C(C)(C)N1CCCC1. The lowest BCUT2D eigenvalue weighted by atomic mass is 9.88. The van der Waals surface area contributed by atoms with Crippen LogP contribution in [0.5, 0.6) is 0 Å². The topological polar surface area (TPSA) is 15.3 Å². The van der Waals surface area contributed by atoms with Crippen molar-refractivity contribution >= 4 is 0 Å². The summed E-state index contributed by atoms with van der Waals surface area (Å²) < 4.78 is 0. The summed E-state index contributed by atoms with van der Waals surface area (Å²) in [5.74, 6) is 0. The maximum Gasteiger partial charge on any atom is 0.0306 e. The van der Waals surface area contributed by atoms with Crippen LogP contribution in [0.25, 0.3) is 0 Å². The molecular weight excluding hydrogens is 208 g/mol. The average molecular weight is 240 g/mol. The van der Waals surface area contributed by atoms with E-state index in [4.69, 9.17) is 0 Å². The summed E-state index contributed by atoms with van der Waals surface area (Å²) in [6.07, 6.45) is 9.58. The molecule has 1 fully saturated rings. The third kappa shape index (κ3) is 4.26. The van der Waals surface area contributed by atoms with E-state index in [9.17, 15) is 0 Å². The first-order valence-electron chi connectivity index (χ1n) is 7.55. The van der Waals surface area contributed by atoms with Crippen LogP contribution in [0.4, 0.5) is 0 Å². The van der Waals surface area contributed by atoms with E-state index in [1.165, 1.54) is 58.0 Å². The molecule has 1 aliphatic rings. The standard InChI is InChI=1S/C15H32N2/c1-5-6-7-8-11-14(16-4)15(2,3)17-12-9-10-13-17/h14,16H,5-13H2,1-4H3. The fourth-order valence-corrected chi connectivity index (χ4v) is 3.14. The molecule has 0 aromatic rings. The number of likely N-dealkylation sites (N-methyl/N-ethyl adjacent to an activating group) is 1. The molecule has 1 rings (SSSR count). The number of hydrogen-bond acceptors (Lipinski definition) is 2. The lowest BCUT2D eigenvalue weighted by molar-refractivity contribution is 0.105. The van der Waals surface area contributed by atoms with E-state index in [-0.39, 0.29) is 0 Å². The average Bonchev–Trinajstić information content (AvgIpc) is 2.83. The Morgan fingerprint density at radius 3 is 2.29 bits per heavy atom. The third-order valence-corrected chi connectivity index (χ3v) is 4.47. The van der Waals surface area contributed by atoms with E-state index < -0.39 is 0 Å². The minimum atomic E-state index is 0.317. The first-order valence-corrected chi connectivity index (χ1v) is 7.55. The van der Waals surface area contributed by atoms with Gasteiger partial charge in [-0.15, -0.1) is 0 Å². The highest BCUT2D eigenvalue weighted by molar-refractivity contribution is 4.94. The monoisotopic (exact) mass is 240 g/mol. The zero-order chi connectivity index (χ0) is 12.7. The van der Waals surface area contributed by atoms with Crippen LogP contribution in [-0.2, 0) is 0 Å². The lowest BCUT2D eigenvalue weighted by Crippen LogP contribution is -2.56. The largest absolute Gasteiger partial charge is 0.315 e. The zero-order valence-corrected chi connectivity index (χ0v) is 12.4. The molecule has 0 radical (unpaired) electrons. The molecule has 0 aromatic heterocycles. The van der Waals surface area contributed by atoms with Gasteiger partial charge in [0.05, 0.1) is 0 Å². The molecule has 0 spiro atoms. The molecule has 1 atom stereocenters. The molecule has 0 amide bonds. The van der Waals surface area contributed by atoms with Crippen molar-refractivity contribution in [2.45, 2.75) is 77.3 Å². The predicted molar refractivity (Wildman–Crippen MR) is 76.5 cm³/mol. The lowest BCUT2D eigenvalue weighted by Gasteiger charge is -2.42. The summed E-state index contributed by atoms with van der Waals surface area (Å²) >= 11 is 0. The summed E-state index contributed by atoms with van der Waals surface area (Å²) in [6, 6.07) is 0.637. The zero-order valence-electron chi connectivity index (χ0n) is 12.4. The fraction of sp³-hybridized carbons (Fsp3) is 1.00. The molecule has 1 unspecified atom stereocenters. The molecule has 1 saturated heterocycles. The molecular formula is C15H32N2. The van der Waals surface area contributed by atoms with E-state index in [2.05, 4.69) is 38.0 Å². The summed E-state index contributed by atoms with van der Waals surface area (Å²) in [5, 5.41) is 3.55. The van der Waals surface area contributed by atoms with Gasteiger partial charge in [-0.1, -0.05) is 32.6 Å². The van der Waals surface area contributed by atoms with Gasteiger partial charge in [0.25, 0.3) is 0 Å². The van der Waals surface area contributed by atoms with Crippen molar-refractivity contribution in [2.75, 3.05) is 20.1 Å². The van der Waals surface area contributed by atoms with Gasteiger partial charge in [0.15, 0.2) is 0 Å². The fourth-order valence-electron chi connectivity index (χ4n) is 3.14. The van der Waals surface area contributed by atoms with Crippen LogP contribution in [0.3, 0.4) is 0 Å². The molecule has 102 valence electrons.